The van der Waals surface area contributed by atoms with Crippen molar-refractivity contribution >= 4 is 36.0 Å². The van der Waals surface area contributed by atoms with Crippen LogP contribution in [0, 0.1) is 0 Å². The van der Waals surface area contributed by atoms with Crippen molar-refractivity contribution < 1.29 is 0 Å². The fraction of sp³-hybridized carbons (Fsp3) is 0. The first-order chi connectivity index (χ1) is 5.27. The van der Waals surface area contributed by atoms with Gasteiger partial charge in [-0.05, 0) is 0 Å². The normalized spacial score (nSPS) is 10.6. The van der Waals surface area contributed by atoms with E-state index in [1.165, 1.54) is 0 Å². The van der Waals surface area contributed by atoms with Gasteiger partial charge in [-0.2, -0.15) is 0 Å². The Balaban J connectivity index is 2.99. The van der Waals surface area contributed by atoms with Gasteiger partial charge in [0, 0.05) is 0 Å². The maximum absolute atomic E-state index is 11.1. The molecular formula is C7H4ClNOSe. The van der Waals surface area contributed by atoms with Crippen molar-refractivity contribution in [3.05, 3.63) is 33.6 Å². The molecule has 0 fully saturated rings. The Labute approximate surface area is 73.8 Å². The SMILES string of the molecule is O=c1[nH][se]c2ccc(Cl)cc12. The van der Waals surface area contributed by atoms with Crippen LogP contribution < -0.4 is 5.56 Å². The summed E-state index contributed by atoms with van der Waals surface area (Å²) in [7, 11) is 0. The van der Waals surface area contributed by atoms with E-state index in [1.54, 1.807) is 6.07 Å². The van der Waals surface area contributed by atoms with E-state index in [0.717, 1.165) is 9.65 Å². The summed E-state index contributed by atoms with van der Waals surface area (Å²) in [6.07, 6.45) is 0. The Bertz CT molecular complexity index is 445. The third kappa shape index (κ3) is 1.16. The monoisotopic (exact) mass is 233 g/mol. The molecule has 0 aliphatic heterocycles. The average molecular weight is 233 g/mol. The third-order valence-corrected chi connectivity index (χ3v) is 3.49. The first kappa shape index (κ1) is 7.16. The average Bonchev–Trinajstić information content (AvgIpc) is 2.33. The summed E-state index contributed by atoms with van der Waals surface area (Å²) in [4.78, 5) is 11.1. The molecule has 0 aliphatic rings. The summed E-state index contributed by atoms with van der Waals surface area (Å²) >= 11 is 5.82. The van der Waals surface area contributed by atoms with Crippen LogP contribution in [-0.4, -0.2) is 18.7 Å². The van der Waals surface area contributed by atoms with Gasteiger partial charge in [0.05, 0.1) is 0 Å². The molecule has 2 nitrogen and oxygen atoms in total. The zero-order valence-electron chi connectivity index (χ0n) is 5.43. The van der Waals surface area contributed by atoms with Crippen LogP contribution in [-0.2, 0) is 0 Å². The molecule has 0 amide bonds. The predicted molar refractivity (Wildman–Crippen MR) is 46.5 cm³/mol. The van der Waals surface area contributed by atoms with E-state index in [4.69, 9.17) is 11.6 Å². The molecule has 0 radical (unpaired) electrons. The minimum absolute atomic E-state index is 0.00231. The first-order valence-electron chi connectivity index (χ1n) is 3.04. The quantitative estimate of drug-likeness (QED) is 0.681. The van der Waals surface area contributed by atoms with Gasteiger partial charge in [-0.15, -0.1) is 0 Å². The molecule has 0 saturated heterocycles. The van der Waals surface area contributed by atoms with Gasteiger partial charge in [0.15, 0.2) is 0 Å². The van der Waals surface area contributed by atoms with Gasteiger partial charge >= 0.3 is 73.5 Å². The molecule has 1 heterocycles. The van der Waals surface area contributed by atoms with Gasteiger partial charge in [-0.1, -0.05) is 0 Å². The van der Waals surface area contributed by atoms with Crippen molar-refractivity contribution in [2.45, 2.75) is 0 Å². The van der Waals surface area contributed by atoms with E-state index < -0.39 is 0 Å². The third-order valence-electron chi connectivity index (χ3n) is 1.44. The zero-order valence-corrected chi connectivity index (χ0v) is 7.90. The van der Waals surface area contributed by atoms with Crippen molar-refractivity contribution in [2.75, 3.05) is 0 Å². The van der Waals surface area contributed by atoms with Crippen LogP contribution in [0.1, 0.15) is 0 Å². The molecule has 4 heteroatoms. The predicted octanol–water partition coefficient (Wildman–Crippen LogP) is 1.24. The number of benzene rings is 1. The number of fused-ring (bicyclic) bond motifs is 1. The summed E-state index contributed by atoms with van der Waals surface area (Å²) < 4.78 is 3.87. The van der Waals surface area contributed by atoms with Crippen molar-refractivity contribution in [1.29, 1.82) is 0 Å². The van der Waals surface area contributed by atoms with Crippen molar-refractivity contribution in [2.24, 2.45) is 0 Å². The number of hydrogen-bond donors (Lipinski definition) is 1. The second-order valence-corrected chi connectivity index (χ2v) is 4.39. The fourth-order valence-electron chi connectivity index (χ4n) is 0.925. The molecule has 0 unspecified atom stereocenters. The number of nitrogens with one attached hydrogen (secondary N) is 1. The maximum atomic E-state index is 11.1. The second-order valence-electron chi connectivity index (χ2n) is 2.17. The van der Waals surface area contributed by atoms with Gasteiger partial charge in [-0.25, -0.2) is 0 Å². The minimum atomic E-state index is 0.00231. The molecule has 0 aliphatic carbocycles. The number of aromatic nitrogens is 1. The molecule has 0 saturated carbocycles. The number of hydrogen-bond acceptors (Lipinski definition) is 1. The van der Waals surface area contributed by atoms with Gasteiger partial charge in [-0.3, -0.25) is 0 Å². The van der Waals surface area contributed by atoms with Crippen molar-refractivity contribution in [3.63, 3.8) is 0 Å². The molecule has 1 N–H and O–H groups in total. The summed E-state index contributed by atoms with van der Waals surface area (Å²) in [5.41, 5.74) is 0.00231. The summed E-state index contributed by atoms with van der Waals surface area (Å²) in [5.74, 6) is 0. The Morgan fingerprint density at radius 1 is 1.45 bits per heavy atom. The van der Waals surface area contributed by atoms with E-state index in [9.17, 15) is 4.79 Å². The van der Waals surface area contributed by atoms with Crippen molar-refractivity contribution in [3.8, 4) is 0 Å². The second kappa shape index (κ2) is 2.52. The molecule has 1 aromatic heterocycles. The summed E-state index contributed by atoms with van der Waals surface area (Å²) in [5, 5.41) is 1.36. The molecule has 0 atom stereocenters. The molecule has 56 valence electrons. The topological polar surface area (TPSA) is 32.9 Å². The number of H-pyrrole nitrogens is 1. The van der Waals surface area contributed by atoms with Crippen molar-refractivity contribution in [1.82, 2.24) is 3.98 Å². The standard InChI is InChI=1S/C7H4ClNOSe/c8-4-1-2-6-5(3-4)7(10)9-11-6/h1-3H,(H,9,10). The van der Waals surface area contributed by atoms with Crippen LogP contribution in [0.3, 0.4) is 0 Å². The van der Waals surface area contributed by atoms with E-state index in [1.807, 2.05) is 12.1 Å². The van der Waals surface area contributed by atoms with E-state index in [2.05, 4.69) is 3.98 Å². The Hall–Kier alpha value is -0.501. The zero-order chi connectivity index (χ0) is 7.84. The van der Waals surface area contributed by atoms with Gasteiger partial charge < -0.3 is 0 Å². The summed E-state index contributed by atoms with van der Waals surface area (Å²) in [6.45, 7) is 0. The van der Waals surface area contributed by atoms with Crippen LogP contribution in [0.15, 0.2) is 23.0 Å². The van der Waals surface area contributed by atoms with Crippen LogP contribution in [0.25, 0.3) is 9.65 Å². The first-order valence-corrected chi connectivity index (χ1v) is 5.13. The van der Waals surface area contributed by atoms with Crippen LogP contribution in [0.2, 0.25) is 5.02 Å². The molecule has 2 rings (SSSR count). The number of halogens is 1. The van der Waals surface area contributed by atoms with E-state index >= 15 is 0 Å². The Kier molecular flexibility index (Phi) is 1.64. The molecule has 0 bridgehead atoms. The Morgan fingerprint density at radius 3 is 3.09 bits per heavy atom. The van der Waals surface area contributed by atoms with Gasteiger partial charge in [0.1, 0.15) is 0 Å². The summed E-state index contributed by atoms with van der Waals surface area (Å²) in [6, 6.07) is 5.42. The van der Waals surface area contributed by atoms with Gasteiger partial charge in [0.2, 0.25) is 0 Å². The van der Waals surface area contributed by atoms with E-state index in [-0.39, 0.29) is 20.3 Å². The van der Waals surface area contributed by atoms with Crippen LogP contribution >= 0.6 is 11.6 Å². The molecule has 2 aromatic rings. The molecule has 0 spiro atoms. The molecule has 1 aromatic carbocycles. The number of rotatable bonds is 0. The van der Waals surface area contributed by atoms with Crippen LogP contribution in [0.5, 0.6) is 0 Å². The fourth-order valence-corrected chi connectivity index (χ4v) is 2.59. The van der Waals surface area contributed by atoms with Gasteiger partial charge in [0.25, 0.3) is 0 Å². The number of aromatic amines is 1. The Morgan fingerprint density at radius 2 is 2.27 bits per heavy atom. The van der Waals surface area contributed by atoms with E-state index in [0.29, 0.717) is 5.02 Å². The van der Waals surface area contributed by atoms with Crippen LogP contribution in [0.4, 0.5) is 0 Å². The molecule has 11 heavy (non-hydrogen) atoms. The molecular weight excluding hydrogens is 228 g/mol.